The Morgan fingerprint density at radius 3 is 2.68 bits per heavy atom. The first kappa shape index (κ1) is 15.4. The molecule has 0 aliphatic carbocycles. The van der Waals surface area contributed by atoms with E-state index in [1.807, 2.05) is 23.5 Å². The molecular formula is C12H13BrF3NS2. The van der Waals surface area contributed by atoms with Crippen molar-refractivity contribution in [3.63, 3.8) is 0 Å². The van der Waals surface area contributed by atoms with Crippen LogP contribution in [0, 0.1) is 0 Å². The van der Waals surface area contributed by atoms with Gasteiger partial charge in [-0.1, -0.05) is 0 Å². The maximum atomic E-state index is 12.5. The number of anilines is 1. The van der Waals surface area contributed by atoms with E-state index in [0.717, 1.165) is 30.2 Å². The maximum absolute atomic E-state index is 12.5. The van der Waals surface area contributed by atoms with E-state index in [2.05, 4.69) is 21.2 Å². The van der Waals surface area contributed by atoms with Gasteiger partial charge in [-0.05, 0) is 34.1 Å². The van der Waals surface area contributed by atoms with Crippen LogP contribution in [0.15, 0.2) is 22.7 Å². The molecule has 7 heteroatoms. The molecule has 1 N–H and O–H groups in total. The van der Waals surface area contributed by atoms with Gasteiger partial charge in [-0.3, -0.25) is 0 Å². The third-order valence-electron chi connectivity index (χ3n) is 2.70. The minimum absolute atomic E-state index is 0.454. The van der Waals surface area contributed by atoms with E-state index in [1.54, 1.807) is 0 Å². The normalized spacial score (nSPS) is 20.3. The van der Waals surface area contributed by atoms with Crippen LogP contribution in [0.4, 0.5) is 18.9 Å². The second-order valence-corrected chi connectivity index (χ2v) is 7.55. The van der Waals surface area contributed by atoms with Gasteiger partial charge in [-0.25, -0.2) is 0 Å². The first-order valence-electron chi connectivity index (χ1n) is 5.77. The highest BCUT2D eigenvalue weighted by atomic mass is 79.9. The Morgan fingerprint density at radius 2 is 2.11 bits per heavy atom. The van der Waals surface area contributed by atoms with E-state index in [1.165, 1.54) is 11.8 Å². The zero-order valence-corrected chi connectivity index (χ0v) is 13.2. The van der Waals surface area contributed by atoms with Gasteiger partial charge in [0.2, 0.25) is 0 Å². The van der Waals surface area contributed by atoms with Gasteiger partial charge in [0.25, 0.3) is 0 Å². The Bertz CT molecular complexity index is 433. The molecule has 0 aromatic heterocycles. The van der Waals surface area contributed by atoms with E-state index >= 15 is 0 Å². The molecule has 2 rings (SSSR count). The Morgan fingerprint density at radius 1 is 1.32 bits per heavy atom. The summed E-state index contributed by atoms with van der Waals surface area (Å²) in [7, 11) is 0. The van der Waals surface area contributed by atoms with Gasteiger partial charge in [0.05, 0.1) is 5.56 Å². The SMILES string of the molecule is FC(F)(F)c1ccc(NCC2CSCCS2)c(Br)c1. The van der Waals surface area contributed by atoms with Crippen LogP contribution >= 0.6 is 39.5 Å². The summed E-state index contributed by atoms with van der Waals surface area (Å²) in [4.78, 5) is 0. The van der Waals surface area contributed by atoms with E-state index in [-0.39, 0.29) is 0 Å². The molecule has 19 heavy (non-hydrogen) atoms. The zero-order valence-electron chi connectivity index (χ0n) is 9.97. The predicted molar refractivity (Wildman–Crippen MR) is 81.2 cm³/mol. The monoisotopic (exact) mass is 371 g/mol. The van der Waals surface area contributed by atoms with Gasteiger partial charge >= 0.3 is 6.18 Å². The van der Waals surface area contributed by atoms with Crippen LogP contribution in [0.2, 0.25) is 0 Å². The van der Waals surface area contributed by atoms with Crippen molar-refractivity contribution in [2.75, 3.05) is 29.1 Å². The second-order valence-electron chi connectivity index (χ2n) is 4.14. The smallest absolute Gasteiger partial charge is 0.383 e. The van der Waals surface area contributed by atoms with Crippen LogP contribution in [0.1, 0.15) is 5.56 Å². The standard InChI is InChI=1S/C12H13BrF3NS2/c13-10-5-8(12(14,15)16)1-2-11(10)17-6-9-7-18-3-4-19-9/h1-2,5,9,17H,3-4,6-7H2. The lowest BCUT2D eigenvalue weighted by Gasteiger charge is -2.22. The molecule has 0 saturated carbocycles. The highest BCUT2D eigenvalue weighted by molar-refractivity contribution is 9.10. The fourth-order valence-corrected chi connectivity index (χ4v) is 4.84. The van der Waals surface area contributed by atoms with Crippen LogP contribution in [-0.4, -0.2) is 29.1 Å². The first-order valence-corrected chi connectivity index (χ1v) is 8.76. The topological polar surface area (TPSA) is 12.0 Å². The molecule has 0 bridgehead atoms. The fraction of sp³-hybridized carbons (Fsp3) is 0.500. The van der Waals surface area contributed by atoms with Gasteiger partial charge in [0.1, 0.15) is 0 Å². The first-order chi connectivity index (χ1) is 8.97. The predicted octanol–water partition coefficient (Wildman–Crippen LogP) is 4.73. The Labute approximate surface area is 127 Å². The summed E-state index contributed by atoms with van der Waals surface area (Å²) < 4.78 is 38.0. The number of alkyl halides is 3. The van der Waals surface area contributed by atoms with Gasteiger partial charge in [-0.15, -0.1) is 0 Å². The van der Waals surface area contributed by atoms with Crippen LogP contribution < -0.4 is 5.32 Å². The van der Waals surface area contributed by atoms with Crippen molar-refractivity contribution in [1.82, 2.24) is 0 Å². The summed E-state index contributed by atoms with van der Waals surface area (Å²) in [6.45, 7) is 0.779. The molecule has 1 fully saturated rings. The molecule has 0 spiro atoms. The Hall–Kier alpha value is -0.0100. The summed E-state index contributed by atoms with van der Waals surface area (Å²) >= 11 is 7.03. The quantitative estimate of drug-likeness (QED) is 0.824. The van der Waals surface area contributed by atoms with Gasteiger partial charge in [0.15, 0.2) is 0 Å². The molecule has 1 aromatic carbocycles. The van der Waals surface area contributed by atoms with Crippen molar-refractivity contribution in [2.45, 2.75) is 11.4 Å². The van der Waals surface area contributed by atoms with E-state index in [9.17, 15) is 13.2 Å². The molecular weight excluding hydrogens is 359 g/mol. The van der Waals surface area contributed by atoms with Gasteiger partial charge in [0, 0.05) is 39.2 Å². The maximum Gasteiger partial charge on any atom is 0.416 e. The van der Waals surface area contributed by atoms with E-state index < -0.39 is 11.7 Å². The largest absolute Gasteiger partial charge is 0.416 e. The Kier molecular flexibility index (Phi) is 5.37. The average Bonchev–Trinajstić information content (AvgIpc) is 2.37. The molecule has 0 amide bonds. The van der Waals surface area contributed by atoms with Gasteiger partial charge < -0.3 is 5.32 Å². The van der Waals surface area contributed by atoms with E-state index in [4.69, 9.17) is 0 Å². The lowest BCUT2D eigenvalue weighted by Crippen LogP contribution is -2.23. The number of benzene rings is 1. The third-order valence-corrected chi connectivity index (χ3v) is 6.20. The van der Waals surface area contributed by atoms with Crippen molar-refractivity contribution in [3.8, 4) is 0 Å². The fourth-order valence-electron chi connectivity index (χ4n) is 1.71. The average molecular weight is 372 g/mol. The number of rotatable bonds is 3. The summed E-state index contributed by atoms with van der Waals surface area (Å²) in [5.74, 6) is 3.42. The zero-order chi connectivity index (χ0) is 13.9. The highest BCUT2D eigenvalue weighted by Crippen LogP contribution is 2.34. The molecule has 1 aliphatic rings. The second kappa shape index (κ2) is 6.63. The van der Waals surface area contributed by atoms with Crippen LogP contribution in [-0.2, 0) is 6.18 Å². The van der Waals surface area contributed by atoms with E-state index in [0.29, 0.717) is 15.4 Å². The van der Waals surface area contributed by atoms with Crippen LogP contribution in [0.25, 0.3) is 0 Å². The van der Waals surface area contributed by atoms with Crippen molar-refractivity contribution >= 4 is 45.1 Å². The number of nitrogens with one attached hydrogen (secondary N) is 1. The highest BCUT2D eigenvalue weighted by Gasteiger charge is 2.30. The molecule has 1 heterocycles. The van der Waals surface area contributed by atoms with Crippen LogP contribution in [0.3, 0.4) is 0 Å². The minimum atomic E-state index is -4.29. The van der Waals surface area contributed by atoms with Gasteiger partial charge in [-0.2, -0.15) is 36.7 Å². The molecule has 1 unspecified atom stereocenters. The van der Waals surface area contributed by atoms with Crippen LogP contribution in [0.5, 0.6) is 0 Å². The number of hydrogen-bond donors (Lipinski definition) is 1. The molecule has 1 atom stereocenters. The third kappa shape index (κ3) is 4.49. The lowest BCUT2D eigenvalue weighted by atomic mass is 10.2. The summed E-state index contributed by atoms with van der Waals surface area (Å²) in [6.07, 6.45) is -4.29. The molecule has 106 valence electrons. The molecule has 1 aromatic rings. The van der Waals surface area contributed by atoms with Crippen molar-refractivity contribution in [3.05, 3.63) is 28.2 Å². The summed E-state index contributed by atoms with van der Waals surface area (Å²) in [6, 6.07) is 3.70. The Balaban J connectivity index is 1.97. The lowest BCUT2D eigenvalue weighted by molar-refractivity contribution is -0.137. The van der Waals surface area contributed by atoms with Crippen molar-refractivity contribution in [2.24, 2.45) is 0 Å². The van der Waals surface area contributed by atoms with Crippen molar-refractivity contribution in [1.29, 1.82) is 0 Å². The molecule has 0 radical (unpaired) electrons. The number of hydrogen-bond acceptors (Lipinski definition) is 3. The number of halogens is 4. The molecule has 1 aliphatic heterocycles. The number of thioether (sulfide) groups is 2. The minimum Gasteiger partial charge on any atom is -0.383 e. The summed E-state index contributed by atoms with van der Waals surface area (Å²) in [5, 5.41) is 3.73. The summed E-state index contributed by atoms with van der Waals surface area (Å²) in [5.41, 5.74) is 0.0803. The molecule has 1 saturated heterocycles. The molecule has 1 nitrogen and oxygen atoms in total. The van der Waals surface area contributed by atoms with Crippen molar-refractivity contribution < 1.29 is 13.2 Å².